The molecule has 30 heavy (non-hydrogen) atoms. The predicted octanol–water partition coefficient (Wildman–Crippen LogP) is 3.12. The van der Waals surface area contributed by atoms with Crippen LogP contribution in [0.5, 0.6) is 0 Å². The Balaban J connectivity index is 1.32. The van der Waals surface area contributed by atoms with Crippen LogP contribution in [0.1, 0.15) is 25.7 Å². The highest BCUT2D eigenvalue weighted by molar-refractivity contribution is 7.89. The third-order valence-corrected chi connectivity index (χ3v) is 7.51. The number of hydrogen-bond donors (Lipinski definition) is 2. The van der Waals surface area contributed by atoms with Crippen LogP contribution in [0, 0.1) is 0 Å². The molecule has 8 heteroatoms. The van der Waals surface area contributed by atoms with E-state index in [1.54, 1.807) is 24.3 Å². The van der Waals surface area contributed by atoms with E-state index >= 15 is 0 Å². The Morgan fingerprint density at radius 1 is 0.867 bits per heavy atom. The number of anilines is 3. The van der Waals surface area contributed by atoms with Gasteiger partial charge in [0.1, 0.15) is 0 Å². The van der Waals surface area contributed by atoms with Gasteiger partial charge in [0.05, 0.1) is 11.4 Å². The first-order chi connectivity index (χ1) is 14.5. The van der Waals surface area contributed by atoms with Gasteiger partial charge in [-0.15, -0.1) is 0 Å². The van der Waals surface area contributed by atoms with Crippen molar-refractivity contribution < 1.29 is 13.2 Å². The summed E-state index contributed by atoms with van der Waals surface area (Å²) in [6, 6.07) is 14.5. The zero-order valence-electron chi connectivity index (χ0n) is 17.0. The van der Waals surface area contributed by atoms with Gasteiger partial charge in [-0.1, -0.05) is 6.07 Å². The molecule has 2 aliphatic heterocycles. The Bertz CT molecular complexity index is 980. The lowest BCUT2D eigenvalue weighted by Gasteiger charge is -2.18. The van der Waals surface area contributed by atoms with E-state index in [1.807, 2.05) is 24.3 Å². The van der Waals surface area contributed by atoms with E-state index in [0.29, 0.717) is 18.8 Å². The molecule has 2 aromatic carbocycles. The minimum absolute atomic E-state index is 0.0566. The number of nitrogens with one attached hydrogen (secondary N) is 2. The molecule has 2 N–H and O–H groups in total. The first-order valence-electron chi connectivity index (χ1n) is 10.5. The van der Waals surface area contributed by atoms with E-state index < -0.39 is 10.0 Å². The lowest BCUT2D eigenvalue weighted by Crippen LogP contribution is -2.28. The summed E-state index contributed by atoms with van der Waals surface area (Å²) >= 11 is 0. The molecule has 7 nitrogen and oxygen atoms in total. The summed E-state index contributed by atoms with van der Waals surface area (Å²) in [5.41, 5.74) is 2.53. The van der Waals surface area contributed by atoms with Crippen molar-refractivity contribution in [1.82, 2.24) is 4.31 Å². The Labute approximate surface area is 178 Å². The number of rotatable bonds is 7. The van der Waals surface area contributed by atoms with Gasteiger partial charge < -0.3 is 15.5 Å². The van der Waals surface area contributed by atoms with E-state index in [2.05, 4.69) is 15.5 Å². The largest absolute Gasteiger partial charge is 0.376 e. The fraction of sp³-hybridized carbons (Fsp3) is 0.409. The van der Waals surface area contributed by atoms with Crippen LogP contribution in [-0.2, 0) is 14.8 Å². The number of carbonyl (C=O) groups excluding carboxylic acids is 1. The maximum atomic E-state index is 12.7. The van der Waals surface area contributed by atoms with Crippen LogP contribution in [0.25, 0.3) is 0 Å². The second-order valence-electron chi connectivity index (χ2n) is 7.78. The highest BCUT2D eigenvalue weighted by Crippen LogP contribution is 2.24. The summed E-state index contributed by atoms with van der Waals surface area (Å²) in [7, 11) is -3.47. The maximum Gasteiger partial charge on any atom is 0.243 e. The van der Waals surface area contributed by atoms with Gasteiger partial charge in [0.25, 0.3) is 0 Å². The molecule has 0 saturated carbocycles. The van der Waals surface area contributed by atoms with Crippen LogP contribution < -0.4 is 15.5 Å². The molecule has 0 aliphatic carbocycles. The molecule has 1 amide bonds. The van der Waals surface area contributed by atoms with Gasteiger partial charge in [0.2, 0.25) is 15.9 Å². The van der Waals surface area contributed by atoms with Crippen LogP contribution in [0.4, 0.5) is 17.1 Å². The van der Waals surface area contributed by atoms with Crippen LogP contribution >= 0.6 is 0 Å². The minimum atomic E-state index is -3.47. The Hall–Kier alpha value is -2.58. The van der Waals surface area contributed by atoms with Gasteiger partial charge in [0.15, 0.2) is 0 Å². The quantitative estimate of drug-likeness (QED) is 0.708. The van der Waals surface area contributed by atoms with Crippen molar-refractivity contribution >= 4 is 33.0 Å². The van der Waals surface area contributed by atoms with Crippen molar-refractivity contribution in [2.75, 3.05) is 48.3 Å². The Morgan fingerprint density at radius 3 is 2.23 bits per heavy atom. The molecule has 0 atom stereocenters. The molecular formula is C22H28N4O3S. The van der Waals surface area contributed by atoms with Gasteiger partial charge >= 0.3 is 0 Å². The highest BCUT2D eigenvalue weighted by atomic mass is 32.2. The molecule has 2 fully saturated rings. The SMILES string of the molecule is O=C(CNc1cccc(S(=O)(=O)N2CCCC2)c1)Nc1ccc(N2CCCC2)cc1. The van der Waals surface area contributed by atoms with Gasteiger partial charge in [-0.05, 0) is 68.1 Å². The van der Waals surface area contributed by atoms with E-state index in [4.69, 9.17) is 0 Å². The monoisotopic (exact) mass is 428 g/mol. The molecule has 0 aromatic heterocycles. The number of nitrogens with zero attached hydrogens (tertiary/aromatic N) is 2. The minimum Gasteiger partial charge on any atom is -0.376 e. The predicted molar refractivity (Wildman–Crippen MR) is 119 cm³/mol. The summed E-state index contributed by atoms with van der Waals surface area (Å²) in [6.45, 7) is 3.36. The lowest BCUT2D eigenvalue weighted by atomic mass is 10.2. The smallest absolute Gasteiger partial charge is 0.243 e. The van der Waals surface area contributed by atoms with Gasteiger partial charge in [-0.2, -0.15) is 4.31 Å². The van der Waals surface area contributed by atoms with Crippen LogP contribution in [0.15, 0.2) is 53.4 Å². The van der Waals surface area contributed by atoms with Crippen molar-refractivity contribution in [1.29, 1.82) is 0 Å². The van der Waals surface area contributed by atoms with Gasteiger partial charge in [-0.25, -0.2) is 8.42 Å². The van der Waals surface area contributed by atoms with Crippen molar-refractivity contribution in [3.8, 4) is 0 Å². The maximum absolute atomic E-state index is 12.7. The standard InChI is InChI=1S/C22H28N4O3S/c27-22(24-18-8-10-20(11-9-18)25-12-1-2-13-25)17-23-19-6-5-7-21(16-19)30(28,29)26-14-3-4-15-26/h5-11,16,23H,1-4,12-15,17H2,(H,24,27). The number of sulfonamides is 1. The van der Waals surface area contributed by atoms with E-state index in [9.17, 15) is 13.2 Å². The zero-order chi connectivity index (χ0) is 21.0. The highest BCUT2D eigenvalue weighted by Gasteiger charge is 2.27. The molecule has 2 saturated heterocycles. The number of benzene rings is 2. The molecule has 2 aliphatic rings. The van der Waals surface area contributed by atoms with Crippen LogP contribution in [0.2, 0.25) is 0 Å². The van der Waals surface area contributed by atoms with Crippen molar-refractivity contribution in [3.63, 3.8) is 0 Å². The van der Waals surface area contributed by atoms with E-state index in [1.165, 1.54) is 22.8 Å². The second-order valence-corrected chi connectivity index (χ2v) is 9.72. The molecular weight excluding hydrogens is 400 g/mol. The van der Waals surface area contributed by atoms with Crippen molar-refractivity contribution in [2.45, 2.75) is 30.6 Å². The van der Waals surface area contributed by atoms with E-state index in [0.717, 1.165) is 31.6 Å². The molecule has 4 rings (SSSR count). The third kappa shape index (κ3) is 4.76. The third-order valence-electron chi connectivity index (χ3n) is 5.61. The normalized spacial score (nSPS) is 17.3. The Morgan fingerprint density at radius 2 is 1.53 bits per heavy atom. The summed E-state index contributed by atoms with van der Waals surface area (Å²) < 4.78 is 26.9. The molecule has 0 radical (unpaired) electrons. The second kappa shape index (κ2) is 9.06. The number of hydrogen-bond acceptors (Lipinski definition) is 5. The van der Waals surface area contributed by atoms with Gasteiger partial charge in [-0.3, -0.25) is 4.79 Å². The molecule has 160 valence electrons. The molecule has 0 bridgehead atoms. The fourth-order valence-corrected chi connectivity index (χ4v) is 5.53. The molecule has 0 spiro atoms. The average molecular weight is 429 g/mol. The van der Waals surface area contributed by atoms with Crippen LogP contribution in [0.3, 0.4) is 0 Å². The first kappa shape index (κ1) is 20.7. The summed E-state index contributed by atoms with van der Waals surface area (Å²) in [5, 5.41) is 5.89. The summed E-state index contributed by atoms with van der Waals surface area (Å²) in [4.78, 5) is 14.9. The molecule has 0 unspecified atom stereocenters. The number of carbonyl (C=O) groups is 1. The summed E-state index contributed by atoms with van der Waals surface area (Å²) in [5.74, 6) is -0.184. The fourth-order valence-electron chi connectivity index (χ4n) is 3.96. The number of amides is 1. The summed E-state index contributed by atoms with van der Waals surface area (Å²) in [6.07, 6.45) is 4.25. The zero-order valence-corrected chi connectivity index (χ0v) is 17.8. The topological polar surface area (TPSA) is 81.8 Å². The van der Waals surface area contributed by atoms with Crippen molar-refractivity contribution in [3.05, 3.63) is 48.5 Å². The molecule has 2 heterocycles. The van der Waals surface area contributed by atoms with E-state index in [-0.39, 0.29) is 17.3 Å². The lowest BCUT2D eigenvalue weighted by molar-refractivity contribution is -0.114. The Kier molecular flexibility index (Phi) is 6.24. The first-order valence-corrected chi connectivity index (χ1v) is 12.0. The average Bonchev–Trinajstić information content (AvgIpc) is 3.47. The van der Waals surface area contributed by atoms with Crippen molar-refractivity contribution in [2.24, 2.45) is 0 Å². The van der Waals surface area contributed by atoms with Gasteiger partial charge in [0, 0.05) is 43.2 Å². The van der Waals surface area contributed by atoms with Crippen LogP contribution in [-0.4, -0.2) is 51.4 Å². The molecule has 2 aromatic rings.